The van der Waals surface area contributed by atoms with Crippen molar-refractivity contribution >= 4 is 34.0 Å². The molecule has 2 aromatic heterocycles. The van der Waals surface area contributed by atoms with Crippen LogP contribution in [0, 0.1) is 6.92 Å². The van der Waals surface area contributed by atoms with Gasteiger partial charge in [0.05, 0.1) is 11.8 Å². The van der Waals surface area contributed by atoms with E-state index in [2.05, 4.69) is 4.98 Å². The zero-order chi connectivity index (χ0) is 20.8. The van der Waals surface area contributed by atoms with E-state index in [0.29, 0.717) is 17.0 Å². The van der Waals surface area contributed by atoms with Crippen LogP contribution < -0.4 is 4.90 Å². The second-order valence-electron chi connectivity index (χ2n) is 7.27. The summed E-state index contributed by atoms with van der Waals surface area (Å²) < 4.78 is 5.58. The fourth-order valence-corrected chi connectivity index (χ4v) is 4.01. The number of aryl methyl sites for hydroxylation is 1. The van der Waals surface area contributed by atoms with Crippen LogP contribution in [-0.2, 0) is 9.59 Å². The normalized spacial score (nSPS) is 18.4. The number of anilines is 1. The molecule has 1 fully saturated rings. The summed E-state index contributed by atoms with van der Waals surface area (Å²) in [5, 5.41) is 12.0. The monoisotopic (exact) mass is 398 g/mol. The number of nitrogens with one attached hydrogen (secondary N) is 1. The van der Waals surface area contributed by atoms with Crippen molar-refractivity contribution in [3.05, 3.63) is 95.6 Å². The maximum Gasteiger partial charge on any atom is 0.300 e. The van der Waals surface area contributed by atoms with Crippen molar-refractivity contribution in [2.45, 2.75) is 13.0 Å². The van der Waals surface area contributed by atoms with E-state index in [0.717, 1.165) is 16.5 Å². The number of fused-ring (bicyclic) bond motifs is 1. The van der Waals surface area contributed by atoms with Crippen molar-refractivity contribution in [2.75, 3.05) is 4.90 Å². The van der Waals surface area contributed by atoms with Gasteiger partial charge in [0.2, 0.25) is 0 Å². The van der Waals surface area contributed by atoms with Crippen molar-refractivity contribution in [1.82, 2.24) is 4.98 Å². The molecule has 148 valence electrons. The number of aromatic nitrogens is 1. The molecule has 0 spiro atoms. The van der Waals surface area contributed by atoms with Gasteiger partial charge >= 0.3 is 0 Å². The van der Waals surface area contributed by atoms with E-state index < -0.39 is 17.7 Å². The molecular weight excluding hydrogens is 380 g/mol. The molecule has 3 heterocycles. The number of nitrogens with zero attached hydrogens (tertiary/aromatic N) is 1. The average molecular weight is 398 g/mol. The Morgan fingerprint density at radius 1 is 1.07 bits per heavy atom. The first kappa shape index (κ1) is 18.0. The van der Waals surface area contributed by atoms with Crippen LogP contribution in [0.3, 0.4) is 0 Å². The molecule has 0 saturated carbocycles. The third-order valence-corrected chi connectivity index (χ3v) is 5.38. The molecule has 1 saturated heterocycles. The summed E-state index contributed by atoms with van der Waals surface area (Å²) in [6.45, 7) is 1.91. The van der Waals surface area contributed by atoms with Gasteiger partial charge in [-0.3, -0.25) is 14.5 Å². The highest BCUT2D eigenvalue weighted by molar-refractivity contribution is 6.51. The molecule has 30 heavy (non-hydrogen) atoms. The Kier molecular flexibility index (Phi) is 4.06. The minimum absolute atomic E-state index is 0.00112. The van der Waals surface area contributed by atoms with Gasteiger partial charge in [0.15, 0.2) is 0 Å². The van der Waals surface area contributed by atoms with Gasteiger partial charge in [0, 0.05) is 28.4 Å². The number of H-pyrrole nitrogens is 1. The minimum Gasteiger partial charge on any atom is -0.507 e. The smallest absolute Gasteiger partial charge is 0.300 e. The number of carbonyl (C=O) groups excluding carboxylic acids is 2. The number of para-hydroxylation sites is 1. The molecule has 5 rings (SSSR count). The maximum absolute atomic E-state index is 13.1. The molecule has 6 heteroatoms. The van der Waals surface area contributed by atoms with Gasteiger partial charge < -0.3 is 14.5 Å². The minimum atomic E-state index is -0.865. The highest BCUT2D eigenvalue weighted by Crippen LogP contribution is 2.43. The summed E-state index contributed by atoms with van der Waals surface area (Å²) in [6, 6.07) is 17.3. The molecule has 1 unspecified atom stereocenters. The Balaban J connectivity index is 1.75. The van der Waals surface area contributed by atoms with E-state index >= 15 is 0 Å². The van der Waals surface area contributed by atoms with Crippen molar-refractivity contribution in [3.8, 4) is 0 Å². The molecule has 6 nitrogen and oxygen atoms in total. The van der Waals surface area contributed by atoms with Crippen LogP contribution in [-0.4, -0.2) is 21.8 Å². The number of Topliss-reactive ketones (excluding diaryl/α,β-unsaturated/α-hetero) is 1. The Morgan fingerprint density at radius 3 is 2.67 bits per heavy atom. The standard InChI is InChI=1S/C24H18N2O4/c1-14-6-4-7-15(12-14)26-21(19-10-5-11-30-19)20(23(28)24(26)29)22(27)17-13-25-18-9-3-2-8-16(17)18/h2-13,21,25,27H,1H3/b22-20-. The predicted octanol–water partition coefficient (Wildman–Crippen LogP) is 4.70. The summed E-state index contributed by atoms with van der Waals surface area (Å²) in [6.07, 6.45) is 3.12. The molecule has 0 radical (unpaired) electrons. The number of furan rings is 1. The lowest BCUT2D eigenvalue weighted by Gasteiger charge is -2.23. The highest BCUT2D eigenvalue weighted by Gasteiger charge is 2.48. The number of hydrogen-bond acceptors (Lipinski definition) is 4. The Labute approximate surface area is 172 Å². The van der Waals surface area contributed by atoms with Crippen LogP contribution in [0.2, 0.25) is 0 Å². The Morgan fingerprint density at radius 2 is 1.90 bits per heavy atom. The highest BCUT2D eigenvalue weighted by atomic mass is 16.3. The Bertz CT molecular complexity index is 1310. The SMILES string of the molecule is Cc1cccc(N2C(=O)C(=O)/C(=C(\O)c3c[nH]c4ccccc34)C2c2ccco2)c1. The lowest BCUT2D eigenvalue weighted by molar-refractivity contribution is -0.132. The van der Waals surface area contributed by atoms with Crippen molar-refractivity contribution in [2.24, 2.45) is 0 Å². The second-order valence-corrected chi connectivity index (χ2v) is 7.27. The quantitative estimate of drug-likeness (QED) is 0.298. The zero-order valence-corrected chi connectivity index (χ0v) is 16.1. The van der Waals surface area contributed by atoms with Crippen LogP contribution in [0.25, 0.3) is 16.7 Å². The number of ketones is 1. The largest absolute Gasteiger partial charge is 0.507 e. The van der Waals surface area contributed by atoms with E-state index in [1.165, 1.54) is 11.2 Å². The third kappa shape index (κ3) is 2.65. The summed E-state index contributed by atoms with van der Waals surface area (Å²) in [5.41, 5.74) is 2.80. The molecule has 4 aromatic rings. The summed E-state index contributed by atoms with van der Waals surface area (Å²) in [4.78, 5) is 30.6. The lowest BCUT2D eigenvalue weighted by atomic mass is 9.99. The van der Waals surface area contributed by atoms with E-state index in [1.54, 1.807) is 24.4 Å². The second kappa shape index (κ2) is 6.77. The lowest BCUT2D eigenvalue weighted by Crippen LogP contribution is -2.29. The third-order valence-electron chi connectivity index (χ3n) is 5.38. The number of rotatable bonds is 3. The van der Waals surface area contributed by atoms with E-state index in [1.807, 2.05) is 49.4 Å². The van der Waals surface area contributed by atoms with Gasteiger partial charge in [-0.05, 0) is 42.8 Å². The predicted molar refractivity (Wildman–Crippen MR) is 113 cm³/mol. The van der Waals surface area contributed by atoms with Crippen LogP contribution in [0.5, 0.6) is 0 Å². The molecule has 2 aromatic carbocycles. The van der Waals surface area contributed by atoms with Gasteiger partial charge in [-0.15, -0.1) is 0 Å². The van der Waals surface area contributed by atoms with Gasteiger partial charge in [-0.25, -0.2) is 0 Å². The van der Waals surface area contributed by atoms with Gasteiger partial charge in [0.1, 0.15) is 17.6 Å². The topological polar surface area (TPSA) is 86.5 Å². The van der Waals surface area contributed by atoms with E-state index in [4.69, 9.17) is 4.42 Å². The summed E-state index contributed by atoms with van der Waals surface area (Å²) >= 11 is 0. The molecule has 1 amide bonds. The first-order chi connectivity index (χ1) is 14.6. The maximum atomic E-state index is 13.1. The van der Waals surface area contributed by atoms with E-state index in [-0.39, 0.29) is 11.3 Å². The fourth-order valence-electron chi connectivity index (χ4n) is 4.01. The summed E-state index contributed by atoms with van der Waals surface area (Å²) in [7, 11) is 0. The van der Waals surface area contributed by atoms with Crippen molar-refractivity contribution < 1.29 is 19.1 Å². The van der Waals surface area contributed by atoms with Crippen LogP contribution in [0.1, 0.15) is 22.9 Å². The molecule has 1 atom stereocenters. The first-order valence-corrected chi connectivity index (χ1v) is 9.54. The van der Waals surface area contributed by atoms with Gasteiger partial charge in [-0.2, -0.15) is 0 Å². The fraction of sp³-hybridized carbons (Fsp3) is 0.0833. The zero-order valence-electron chi connectivity index (χ0n) is 16.1. The molecule has 0 aliphatic carbocycles. The van der Waals surface area contributed by atoms with E-state index in [9.17, 15) is 14.7 Å². The average Bonchev–Trinajstić information content (AvgIpc) is 3.47. The van der Waals surface area contributed by atoms with Crippen LogP contribution in [0.4, 0.5) is 5.69 Å². The van der Waals surface area contributed by atoms with Crippen molar-refractivity contribution in [1.29, 1.82) is 0 Å². The number of aliphatic hydroxyl groups excluding tert-OH is 1. The van der Waals surface area contributed by atoms with Gasteiger partial charge in [0.25, 0.3) is 11.7 Å². The number of hydrogen-bond donors (Lipinski definition) is 2. The molecule has 1 aliphatic heterocycles. The summed E-state index contributed by atoms with van der Waals surface area (Å²) in [5.74, 6) is -1.29. The molecule has 0 bridgehead atoms. The van der Waals surface area contributed by atoms with Crippen molar-refractivity contribution in [3.63, 3.8) is 0 Å². The molecule has 2 N–H and O–H groups in total. The number of benzene rings is 2. The Hall–Kier alpha value is -4.06. The number of aromatic amines is 1. The van der Waals surface area contributed by atoms with Crippen LogP contribution >= 0.6 is 0 Å². The van der Waals surface area contributed by atoms with Crippen LogP contribution in [0.15, 0.2) is 83.1 Å². The first-order valence-electron chi connectivity index (χ1n) is 9.54. The number of aliphatic hydroxyl groups is 1. The number of carbonyl (C=O) groups is 2. The molecular formula is C24H18N2O4. The van der Waals surface area contributed by atoms with Gasteiger partial charge in [-0.1, -0.05) is 30.3 Å². The molecule has 1 aliphatic rings. The number of amides is 1.